The van der Waals surface area contributed by atoms with E-state index in [9.17, 15) is 9.59 Å². The Kier molecular flexibility index (Phi) is 9.02. The number of esters is 1. The van der Waals surface area contributed by atoms with Crippen LogP contribution in [0.25, 0.3) is 0 Å². The van der Waals surface area contributed by atoms with Crippen LogP contribution < -0.4 is 4.90 Å². The van der Waals surface area contributed by atoms with Gasteiger partial charge in [-0.15, -0.1) is 6.58 Å². The highest BCUT2D eigenvalue weighted by molar-refractivity contribution is 6.31. The molecule has 0 N–H and O–H groups in total. The smallest absolute Gasteiger partial charge is 0.414 e. The summed E-state index contributed by atoms with van der Waals surface area (Å²) in [6, 6.07) is 14.6. The van der Waals surface area contributed by atoms with E-state index in [1.165, 1.54) is 12.0 Å². The average molecular weight is 468 g/mol. The molecule has 0 bridgehead atoms. The number of ether oxygens (including phenoxy) is 2. The molecule has 2 rings (SSSR count). The topological polar surface area (TPSA) is 65.1 Å². The fourth-order valence-corrected chi connectivity index (χ4v) is 3.58. The first kappa shape index (κ1) is 26.4. The quantitative estimate of drug-likeness (QED) is 0.261. The Hall–Kier alpha value is -2.90. The van der Waals surface area contributed by atoms with Crippen LogP contribution in [-0.2, 0) is 26.1 Å². The van der Waals surface area contributed by atoms with E-state index < -0.39 is 17.7 Å². The van der Waals surface area contributed by atoms with Gasteiger partial charge >= 0.3 is 12.1 Å². The molecule has 0 unspecified atom stereocenters. The number of rotatable bonds is 9. The molecule has 0 aliphatic rings. The predicted molar refractivity (Wildman–Crippen MR) is 132 cm³/mol. The van der Waals surface area contributed by atoms with E-state index in [2.05, 4.69) is 27.4 Å². The summed E-state index contributed by atoms with van der Waals surface area (Å²) in [4.78, 5) is 26.8. The predicted octanol–water partition coefficient (Wildman–Crippen LogP) is 5.89. The molecule has 1 amide bonds. The Labute approximate surface area is 199 Å². The van der Waals surface area contributed by atoms with Gasteiger partial charge in [0.2, 0.25) is 9.76 Å². The van der Waals surface area contributed by atoms with Crippen molar-refractivity contribution in [1.82, 2.24) is 0 Å². The summed E-state index contributed by atoms with van der Waals surface area (Å²) in [6.07, 6.45) is 1.07. The van der Waals surface area contributed by atoms with Gasteiger partial charge in [0, 0.05) is 12.2 Å². The summed E-state index contributed by atoms with van der Waals surface area (Å²) >= 11 is 0. The highest BCUT2D eigenvalue weighted by atomic mass is 28.2. The maximum atomic E-state index is 13.0. The molecule has 2 aromatic carbocycles. The zero-order chi connectivity index (χ0) is 24.6. The number of hydrogen-bond acceptors (Lipinski definition) is 5. The molecular weight excluding hydrogens is 434 g/mol. The average Bonchev–Trinajstić information content (AvgIpc) is 2.79. The molecule has 0 saturated carbocycles. The van der Waals surface area contributed by atoms with Gasteiger partial charge in [-0.3, -0.25) is 4.90 Å². The molecule has 2 radical (unpaired) electrons. The lowest BCUT2D eigenvalue weighted by Crippen LogP contribution is -2.33. The minimum absolute atomic E-state index is 0.00379. The summed E-state index contributed by atoms with van der Waals surface area (Å²) in [7, 11) is 1.57. The van der Waals surface area contributed by atoms with E-state index in [1.54, 1.807) is 18.2 Å². The minimum Gasteiger partial charge on any atom is -0.465 e. The van der Waals surface area contributed by atoms with E-state index in [-0.39, 0.29) is 28.0 Å². The number of benzene rings is 2. The van der Waals surface area contributed by atoms with Gasteiger partial charge < -0.3 is 13.9 Å². The first-order valence-corrected chi connectivity index (χ1v) is 11.7. The Morgan fingerprint density at radius 2 is 1.73 bits per heavy atom. The van der Waals surface area contributed by atoms with Crippen LogP contribution in [0.15, 0.2) is 61.2 Å². The Balaban J connectivity index is 2.40. The molecular formula is C26H33NO5Si. The Morgan fingerprint density at radius 1 is 1.06 bits per heavy atom. The van der Waals surface area contributed by atoms with E-state index in [0.717, 1.165) is 11.1 Å². The molecule has 0 fully saturated rings. The number of nitrogens with zero attached hydrogens (tertiary/aromatic N) is 1. The second-order valence-electron chi connectivity index (χ2n) is 9.16. The van der Waals surface area contributed by atoms with Crippen molar-refractivity contribution < 1.29 is 23.5 Å². The summed E-state index contributed by atoms with van der Waals surface area (Å²) in [5, 5.41) is -0.00379. The Bertz CT molecular complexity index is 966. The molecule has 0 spiro atoms. The van der Waals surface area contributed by atoms with Crippen LogP contribution >= 0.6 is 0 Å². The third-order valence-corrected chi connectivity index (χ3v) is 5.92. The van der Waals surface area contributed by atoms with Crippen molar-refractivity contribution in [3.05, 3.63) is 77.9 Å². The van der Waals surface area contributed by atoms with Crippen LogP contribution in [-0.4, -0.2) is 35.5 Å². The molecule has 33 heavy (non-hydrogen) atoms. The van der Waals surface area contributed by atoms with Gasteiger partial charge in [0.1, 0.15) is 6.61 Å². The molecule has 2 aromatic rings. The van der Waals surface area contributed by atoms with Crippen LogP contribution in [0.2, 0.25) is 5.04 Å². The lowest BCUT2D eigenvalue weighted by molar-refractivity contribution is 0.0599. The standard InChI is InChI=1S/C26H33NO5Si/c1-8-14-27(24(29)31-18-19-12-10-9-11-13-19)22-16-20(23(28)30-7)15-21(17-22)26(5,6)32-33-25(2,3)4/h8-13,15-17H,1,14,18H2,2-7H3. The van der Waals surface area contributed by atoms with Gasteiger partial charge in [-0.05, 0) is 48.2 Å². The monoisotopic (exact) mass is 467 g/mol. The normalized spacial score (nSPS) is 11.6. The van der Waals surface area contributed by atoms with Crippen LogP contribution in [0, 0.1) is 0 Å². The molecule has 7 heteroatoms. The van der Waals surface area contributed by atoms with Gasteiger partial charge in [0.15, 0.2) is 0 Å². The highest BCUT2D eigenvalue weighted by Crippen LogP contribution is 2.33. The number of anilines is 1. The van der Waals surface area contributed by atoms with Gasteiger partial charge in [-0.2, -0.15) is 0 Å². The van der Waals surface area contributed by atoms with E-state index in [4.69, 9.17) is 13.9 Å². The maximum absolute atomic E-state index is 13.0. The Morgan fingerprint density at radius 3 is 2.30 bits per heavy atom. The SMILES string of the molecule is C=CCN(C(=O)OCc1ccccc1)c1cc(C(=O)OC)cc(C(C)(C)O[Si]C(C)(C)C)c1. The number of carbonyl (C=O) groups is 2. The molecule has 0 heterocycles. The van der Waals surface area contributed by atoms with Crippen LogP contribution in [0.4, 0.5) is 10.5 Å². The van der Waals surface area contributed by atoms with Crippen LogP contribution in [0.3, 0.4) is 0 Å². The van der Waals surface area contributed by atoms with Crippen LogP contribution in [0.5, 0.6) is 0 Å². The van der Waals surface area contributed by atoms with E-state index >= 15 is 0 Å². The van der Waals surface area contributed by atoms with Crippen molar-refractivity contribution in [2.75, 3.05) is 18.6 Å². The zero-order valence-electron chi connectivity index (χ0n) is 20.3. The van der Waals surface area contributed by atoms with Crippen molar-refractivity contribution in [3.63, 3.8) is 0 Å². The first-order valence-electron chi connectivity index (χ1n) is 10.7. The summed E-state index contributed by atoms with van der Waals surface area (Å²) in [6.45, 7) is 14.3. The lowest BCUT2D eigenvalue weighted by atomic mass is 9.95. The molecule has 6 nitrogen and oxygen atoms in total. The molecule has 0 atom stereocenters. The third kappa shape index (κ3) is 7.87. The van der Waals surface area contributed by atoms with Gasteiger partial charge in [0.05, 0.1) is 18.3 Å². The van der Waals surface area contributed by atoms with Crippen LogP contribution in [0.1, 0.15) is 56.1 Å². The first-order chi connectivity index (χ1) is 15.5. The maximum Gasteiger partial charge on any atom is 0.414 e. The van der Waals surface area contributed by atoms with Crippen molar-refractivity contribution in [2.45, 2.75) is 51.9 Å². The summed E-state index contributed by atoms with van der Waals surface area (Å²) in [5.41, 5.74) is 1.76. The largest absolute Gasteiger partial charge is 0.465 e. The zero-order valence-corrected chi connectivity index (χ0v) is 21.3. The van der Waals surface area contributed by atoms with Gasteiger partial charge in [0.25, 0.3) is 0 Å². The van der Waals surface area contributed by atoms with Crippen molar-refractivity contribution in [2.24, 2.45) is 0 Å². The second-order valence-corrected chi connectivity index (χ2v) is 11.1. The van der Waals surface area contributed by atoms with E-state index in [0.29, 0.717) is 11.3 Å². The molecule has 176 valence electrons. The molecule has 0 aliphatic carbocycles. The molecule has 0 aliphatic heterocycles. The summed E-state index contributed by atoms with van der Waals surface area (Å²) < 4.78 is 16.7. The minimum atomic E-state index is -0.696. The van der Waals surface area contributed by atoms with Gasteiger partial charge in [-0.1, -0.05) is 57.2 Å². The lowest BCUT2D eigenvalue weighted by Gasteiger charge is -2.31. The molecule has 0 aromatic heterocycles. The second kappa shape index (κ2) is 11.3. The summed E-state index contributed by atoms with van der Waals surface area (Å²) in [5.74, 6) is -0.497. The van der Waals surface area contributed by atoms with Gasteiger partial charge in [-0.25, -0.2) is 9.59 Å². The van der Waals surface area contributed by atoms with E-state index in [1.807, 2.05) is 50.2 Å². The third-order valence-electron chi connectivity index (χ3n) is 4.70. The number of carbonyl (C=O) groups excluding carboxylic acids is 2. The number of methoxy groups -OCH3 is 1. The fraction of sp³-hybridized carbons (Fsp3) is 0.385. The number of hydrogen-bond donors (Lipinski definition) is 0. The number of amides is 1. The van der Waals surface area contributed by atoms with Crippen molar-refractivity contribution in [1.29, 1.82) is 0 Å². The van der Waals surface area contributed by atoms with Crippen molar-refractivity contribution >= 4 is 27.5 Å². The van der Waals surface area contributed by atoms with Crippen molar-refractivity contribution in [3.8, 4) is 0 Å². The fourth-order valence-electron chi connectivity index (χ4n) is 2.90. The highest BCUT2D eigenvalue weighted by Gasteiger charge is 2.28. The molecule has 0 saturated heterocycles.